The molecule has 0 saturated carbocycles. The van der Waals surface area contributed by atoms with Crippen LogP contribution in [-0.2, 0) is 26.6 Å². The molecule has 0 aromatic carbocycles. The van der Waals surface area contributed by atoms with Crippen molar-refractivity contribution in [1.82, 2.24) is 25.1 Å². The Hall–Kier alpha value is -1.51. The van der Waals surface area contributed by atoms with Crippen LogP contribution in [0.25, 0.3) is 0 Å². The first-order valence-corrected chi connectivity index (χ1v) is 10.2. The molecule has 24 heavy (non-hydrogen) atoms. The zero-order valence-electron chi connectivity index (χ0n) is 14.9. The van der Waals surface area contributed by atoms with Crippen LogP contribution in [-0.4, -0.2) is 63.5 Å². The fourth-order valence-corrected chi connectivity index (χ4v) is 4.66. The van der Waals surface area contributed by atoms with Crippen LogP contribution in [0.15, 0.2) is 0 Å². The standard InChI is InChI=1S/C15H27N5O3S/c1-5-6-8-19(12-7-9-24(22,23)11-12)13(21)10-20-14(15(2,3)4)16-17-18-20/h12H,5-11H2,1-4H3/t12-/m1/s1. The van der Waals surface area contributed by atoms with E-state index < -0.39 is 9.84 Å². The molecule has 0 unspecified atom stereocenters. The van der Waals surface area contributed by atoms with Gasteiger partial charge >= 0.3 is 0 Å². The Morgan fingerprint density at radius 2 is 2.08 bits per heavy atom. The lowest BCUT2D eigenvalue weighted by Gasteiger charge is -2.28. The van der Waals surface area contributed by atoms with Crippen LogP contribution in [0.5, 0.6) is 0 Å². The first-order chi connectivity index (χ1) is 11.1. The highest BCUT2D eigenvalue weighted by molar-refractivity contribution is 7.91. The minimum atomic E-state index is -3.03. The summed E-state index contributed by atoms with van der Waals surface area (Å²) in [5.41, 5.74) is -0.269. The molecule has 1 aromatic heterocycles. The summed E-state index contributed by atoms with van der Waals surface area (Å²) >= 11 is 0. The van der Waals surface area contributed by atoms with Gasteiger partial charge in [0.1, 0.15) is 6.54 Å². The van der Waals surface area contributed by atoms with Gasteiger partial charge in [-0.1, -0.05) is 34.1 Å². The summed E-state index contributed by atoms with van der Waals surface area (Å²) in [6.07, 6.45) is 2.31. The van der Waals surface area contributed by atoms with Crippen LogP contribution < -0.4 is 0 Å². The first kappa shape index (κ1) is 18.8. The number of amides is 1. The second-order valence-corrected chi connectivity index (χ2v) is 9.64. The van der Waals surface area contributed by atoms with Gasteiger partial charge in [-0.25, -0.2) is 13.1 Å². The lowest BCUT2D eigenvalue weighted by atomic mass is 9.96. The first-order valence-electron chi connectivity index (χ1n) is 8.40. The second-order valence-electron chi connectivity index (χ2n) is 7.41. The molecule has 136 valence electrons. The quantitative estimate of drug-likeness (QED) is 0.746. The van der Waals surface area contributed by atoms with Gasteiger partial charge in [0.15, 0.2) is 15.7 Å². The molecule has 0 N–H and O–H groups in total. The number of hydrogen-bond donors (Lipinski definition) is 0. The Labute approximate surface area is 143 Å². The van der Waals surface area contributed by atoms with Crippen molar-refractivity contribution in [3.05, 3.63) is 5.82 Å². The summed E-state index contributed by atoms with van der Waals surface area (Å²) in [6.45, 7) is 8.61. The molecule has 1 saturated heterocycles. The van der Waals surface area contributed by atoms with Gasteiger partial charge in [0, 0.05) is 18.0 Å². The van der Waals surface area contributed by atoms with Crippen LogP contribution in [0.3, 0.4) is 0 Å². The number of aromatic nitrogens is 4. The molecule has 0 radical (unpaired) electrons. The largest absolute Gasteiger partial charge is 0.337 e. The van der Waals surface area contributed by atoms with E-state index in [2.05, 4.69) is 15.5 Å². The average molecular weight is 357 g/mol. The normalized spacial score (nSPS) is 20.2. The monoisotopic (exact) mass is 357 g/mol. The number of carbonyl (C=O) groups is 1. The number of nitrogens with zero attached hydrogens (tertiary/aromatic N) is 5. The molecule has 1 aromatic rings. The Morgan fingerprint density at radius 1 is 1.38 bits per heavy atom. The van der Waals surface area contributed by atoms with E-state index in [1.165, 1.54) is 4.68 Å². The summed E-state index contributed by atoms with van der Waals surface area (Å²) in [4.78, 5) is 14.5. The smallest absolute Gasteiger partial charge is 0.244 e. The van der Waals surface area contributed by atoms with Crippen LogP contribution in [0.1, 0.15) is 52.8 Å². The van der Waals surface area contributed by atoms with Gasteiger partial charge in [-0.15, -0.1) is 5.10 Å². The SMILES string of the molecule is CCCCN(C(=O)Cn1nnnc1C(C)(C)C)[C@@H]1CCS(=O)(=O)C1. The number of rotatable bonds is 6. The van der Waals surface area contributed by atoms with Gasteiger partial charge in [0.25, 0.3) is 0 Å². The molecule has 8 nitrogen and oxygen atoms in total. The lowest BCUT2D eigenvalue weighted by Crippen LogP contribution is -2.44. The predicted octanol–water partition coefficient (Wildman–Crippen LogP) is 0.786. The maximum Gasteiger partial charge on any atom is 0.244 e. The van der Waals surface area contributed by atoms with Crippen molar-refractivity contribution in [1.29, 1.82) is 0 Å². The zero-order chi connectivity index (χ0) is 18.0. The van der Waals surface area contributed by atoms with E-state index in [9.17, 15) is 13.2 Å². The summed E-state index contributed by atoms with van der Waals surface area (Å²) in [5, 5.41) is 11.6. The van der Waals surface area contributed by atoms with E-state index >= 15 is 0 Å². The van der Waals surface area contributed by atoms with Gasteiger partial charge < -0.3 is 4.90 Å². The Morgan fingerprint density at radius 3 is 2.62 bits per heavy atom. The third kappa shape index (κ3) is 4.52. The predicted molar refractivity (Wildman–Crippen MR) is 90.2 cm³/mol. The van der Waals surface area contributed by atoms with Crippen molar-refractivity contribution in [2.75, 3.05) is 18.1 Å². The molecule has 0 spiro atoms. The van der Waals surface area contributed by atoms with Crippen molar-refractivity contribution in [3.63, 3.8) is 0 Å². The van der Waals surface area contributed by atoms with Gasteiger partial charge in [0.2, 0.25) is 5.91 Å². The molecule has 1 fully saturated rings. The second kappa shape index (κ2) is 7.16. The molecular formula is C15H27N5O3S. The van der Waals surface area contributed by atoms with Crippen molar-refractivity contribution in [3.8, 4) is 0 Å². The number of carbonyl (C=O) groups excluding carboxylic acids is 1. The van der Waals surface area contributed by atoms with Crippen LogP contribution in [0.2, 0.25) is 0 Å². The molecule has 2 heterocycles. The number of sulfone groups is 1. The molecule has 9 heteroatoms. The third-order valence-corrected chi connectivity index (χ3v) is 5.96. The topological polar surface area (TPSA) is 98.1 Å². The summed E-state index contributed by atoms with van der Waals surface area (Å²) < 4.78 is 25.1. The number of unbranched alkanes of at least 4 members (excludes halogenated alkanes) is 1. The molecule has 0 bridgehead atoms. The molecule has 1 aliphatic heterocycles. The number of hydrogen-bond acceptors (Lipinski definition) is 6. The minimum absolute atomic E-state index is 0.0415. The zero-order valence-corrected chi connectivity index (χ0v) is 15.7. The summed E-state index contributed by atoms with van der Waals surface area (Å²) in [5.74, 6) is 0.740. The van der Waals surface area contributed by atoms with Crippen molar-refractivity contribution >= 4 is 15.7 Å². The van der Waals surface area contributed by atoms with Crippen molar-refractivity contribution in [2.24, 2.45) is 0 Å². The highest BCUT2D eigenvalue weighted by Crippen LogP contribution is 2.21. The molecule has 1 amide bonds. The Bertz CT molecular complexity index is 678. The fraction of sp³-hybridized carbons (Fsp3) is 0.867. The molecule has 2 rings (SSSR count). The maximum absolute atomic E-state index is 12.8. The van der Waals surface area contributed by atoms with Crippen LogP contribution in [0, 0.1) is 0 Å². The summed E-state index contributed by atoms with van der Waals surface area (Å²) in [6, 6.07) is -0.233. The van der Waals surface area contributed by atoms with E-state index in [4.69, 9.17) is 0 Å². The van der Waals surface area contributed by atoms with Crippen molar-refractivity contribution in [2.45, 2.75) is 65.0 Å². The molecule has 1 atom stereocenters. The summed E-state index contributed by atoms with van der Waals surface area (Å²) in [7, 11) is -3.03. The molecular weight excluding hydrogens is 330 g/mol. The van der Waals surface area contributed by atoms with Gasteiger partial charge in [0.05, 0.1) is 11.5 Å². The average Bonchev–Trinajstić information content (AvgIpc) is 3.05. The van der Waals surface area contributed by atoms with Gasteiger partial charge in [-0.2, -0.15) is 0 Å². The highest BCUT2D eigenvalue weighted by atomic mass is 32.2. The van der Waals surface area contributed by atoms with Crippen LogP contribution >= 0.6 is 0 Å². The van der Waals surface area contributed by atoms with E-state index in [-0.39, 0.29) is 35.4 Å². The molecule has 1 aliphatic rings. The van der Waals surface area contributed by atoms with E-state index in [1.54, 1.807) is 4.90 Å². The van der Waals surface area contributed by atoms with Gasteiger partial charge in [-0.05, 0) is 23.3 Å². The van der Waals surface area contributed by atoms with Gasteiger partial charge in [-0.3, -0.25) is 4.79 Å². The maximum atomic E-state index is 12.8. The minimum Gasteiger partial charge on any atom is -0.337 e. The highest BCUT2D eigenvalue weighted by Gasteiger charge is 2.35. The Kier molecular flexibility index (Phi) is 5.62. The number of tetrazole rings is 1. The van der Waals surface area contributed by atoms with E-state index in [1.807, 2.05) is 27.7 Å². The lowest BCUT2D eigenvalue weighted by molar-refractivity contribution is -0.134. The van der Waals surface area contributed by atoms with E-state index in [0.29, 0.717) is 18.8 Å². The third-order valence-electron chi connectivity index (χ3n) is 4.21. The van der Waals surface area contributed by atoms with E-state index in [0.717, 1.165) is 12.8 Å². The van der Waals surface area contributed by atoms with Crippen LogP contribution in [0.4, 0.5) is 0 Å². The Balaban J connectivity index is 2.15. The van der Waals surface area contributed by atoms with Crippen molar-refractivity contribution < 1.29 is 13.2 Å². The molecule has 0 aliphatic carbocycles. The fourth-order valence-electron chi connectivity index (χ4n) is 2.93.